The molecule has 0 spiro atoms. The average Bonchev–Trinajstić information content (AvgIpc) is 3.39. The molecule has 155 valence electrons. The summed E-state index contributed by atoms with van der Waals surface area (Å²) in [6.45, 7) is 2.35. The van der Waals surface area contributed by atoms with Gasteiger partial charge in [0.25, 0.3) is 0 Å². The second-order valence-electron chi connectivity index (χ2n) is 9.03. The zero-order valence-electron chi connectivity index (χ0n) is 17.7. The first-order valence-electron chi connectivity index (χ1n) is 11.0. The van der Waals surface area contributed by atoms with E-state index in [1.807, 2.05) is 0 Å². The van der Waals surface area contributed by atoms with Crippen molar-refractivity contribution in [1.29, 1.82) is 0 Å². The van der Waals surface area contributed by atoms with Crippen LogP contribution < -0.4 is 28.1 Å². The first-order valence-corrected chi connectivity index (χ1v) is 12.8. The number of allylic oxidation sites excluding steroid dienone is 1. The van der Waals surface area contributed by atoms with E-state index >= 15 is 0 Å². The van der Waals surface area contributed by atoms with Crippen molar-refractivity contribution in [3.05, 3.63) is 93.6 Å². The van der Waals surface area contributed by atoms with Crippen molar-refractivity contribution >= 4 is 9.40 Å². The van der Waals surface area contributed by atoms with E-state index in [2.05, 4.69) is 67.6 Å². The zero-order valence-corrected chi connectivity index (χ0v) is 22.8. The third kappa shape index (κ3) is 3.71. The predicted octanol–water partition coefficient (Wildman–Crippen LogP) is 0.449. The van der Waals surface area contributed by atoms with Crippen LogP contribution in [0, 0.1) is 0 Å². The molecule has 3 heteroatoms. The van der Waals surface area contributed by atoms with Crippen LogP contribution >= 0.6 is 0 Å². The third-order valence-corrected chi connectivity index (χ3v) is 9.00. The molecule has 3 aromatic rings. The van der Waals surface area contributed by atoms with E-state index < -0.39 is 0 Å². The Morgan fingerprint density at radius 1 is 0.806 bits per heavy atom. The molecule has 0 saturated carbocycles. The number of hydrogen-bond acceptors (Lipinski definition) is 0. The molecular formula is C28H25Cl2Hf. The quantitative estimate of drug-likeness (QED) is 0.378. The van der Waals surface area contributed by atoms with Crippen LogP contribution in [0.2, 0.25) is 0 Å². The Balaban J connectivity index is 0.00000116. The molecule has 31 heavy (non-hydrogen) atoms. The fraction of sp³-hybridized carbons (Fsp3) is 0.286. The van der Waals surface area contributed by atoms with Crippen molar-refractivity contribution in [2.24, 2.45) is 0 Å². The van der Waals surface area contributed by atoms with E-state index in [1.54, 1.807) is 36.7 Å². The summed E-state index contributed by atoms with van der Waals surface area (Å²) >= 11 is 1.12. The van der Waals surface area contributed by atoms with Crippen molar-refractivity contribution in [2.75, 3.05) is 0 Å². The Hall–Kier alpha value is -1.15. The van der Waals surface area contributed by atoms with Crippen molar-refractivity contribution in [3.63, 3.8) is 0 Å². The topological polar surface area (TPSA) is 0 Å². The second-order valence-corrected chi connectivity index (χ2v) is 11.0. The molecule has 0 bridgehead atoms. The largest absolute Gasteiger partial charge is 1.00 e. The molecule has 0 N–H and O–H groups in total. The molecule has 0 fully saturated rings. The van der Waals surface area contributed by atoms with Gasteiger partial charge in [-0.3, -0.25) is 0 Å². The second kappa shape index (κ2) is 9.00. The van der Waals surface area contributed by atoms with E-state index in [1.165, 1.54) is 48.8 Å². The number of rotatable bonds is 3. The molecule has 3 aromatic carbocycles. The maximum atomic E-state index is 2.56. The first kappa shape index (κ1) is 23.0. The molecule has 6 rings (SSSR count). The molecule has 0 aromatic heterocycles. The van der Waals surface area contributed by atoms with Gasteiger partial charge in [-0.15, -0.1) is 0 Å². The summed E-state index contributed by atoms with van der Waals surface area (Å²) in [5.41, 5.74) is 14.1. The van der Waals surface area contributed by atoms with Gasteiger partial charge >= 0.3 is 189 Å². The molecule has 0 amide bonds. The standard InChI is InChI=1S/C28H25.2ClH.Hf/c1-18-15-21-16-19-7-6-8-20(19)17-28(21)22(18)13-14-27-25-11-4-2-9-23(25)24-10-3-5-12-26(24)27;;;/h2-5,9-11,15-17,22,27H,6-8,13-14H2,1H3;2*1H;/q;;;+2/p-2. The smallest absolute Gasteiger partial charge is 1.00 e. The van der Waals surface area contributed by atoms with Crippen LogP contribution in [-0.2, 0) is 37.2 Å². The number of benzene rings is 3. The normalized spacial score (nSPS) is 19.5. The summed E-state index contributed by atoms with van der Waals surface area (Å²) in [7, 11) is 0. The van der Waals surface area contributed by atoms with Gasteiger partial charge in [-0.05, 0) is 0 Å². The van der Waals surface area contributed by atoms with E-state index in [0.29, 0.717) is 11.8 Å². The van der Waals surface area contributed by atoms with E-state index in [9.17, 15) is 0 Å². The summed E-state index contributed by atoms with van der Waals surface area (Å²) < 4.78 is 1.58. The Bertz CT molecular complexity index is 1180. The van der Waals surface area contributed by atoms with Crippen molar-refractivity contribution in [1.82, 2.24) is 0 Å². The van der Waals surface area contributed by atoms with E-state index in [-0.39, 0.29) is 24.8 Å². The SMILES string of the molecule is CC1=Cc2cc3c(cc2C1CCC1c2ccccc2-c2ccc[c]([Hf+2])c21)CCC3.[Cl-].[Cl-]. The van der Waals surface area contributed by atoms with Crippen LogP contribution in [0.3, 0.4) is 0 Å². The van der Waals surface area contributed by atoms with Crippen LogP contribution in [0.4, 0.5) is 0 Å². The maximum absolute atomic E-state index is 2.56. The molecule has 3 aliphatic rings. The summed E-state index contributed by atoms with van der Waals surface area (Å²) in [5, 5.41) is 0. The Kier molecular flexibility index (Phi) is 6.69. The predicted molar refractivity (Wildman–Crippen MR) is 117 cm³/mol. The molecule has 0 saturated heterocycles. The first-order chi connectivity index (χ1) is 14.2. The van der Waals surface area contributed by atoms with Gasteiger partial charge in [0.1, 0.15) is 0 Å². The molecule has 0 radical (unpaired) electrons. The van der Waals surface area contributed by atoms with Gasteiger partial charge in [0, 0.05) is 0 Å². The third-order valence-electron chi connectivity index (χ3n) is 7.43. The Morgan fingerprint density at radius 3 is 2.35 bits per heavy atom. The minimum atomic E-state index is 0. The number of halogens is 2. The van der Waals surface area contributed by atoms with Gasteiger partial charge in [-0.2, -0.15) is 0 Å². The average molecular weight is 611 g/mol. The summed E-state index contributed by atoms with van der Waals surface area (Å²) in [4.78, 5) is 0. The summed E-state index contributed by atoms with van der Waals surface area (Å²) in [6.07, 6.45) is 8.86. The molecule has 0 heterocycles. The monoisotopic (exact) mass is 611 g/mol. The van der Waals surface area contributed by atoms with E-state index in [4.69, 9.17) is 0 Å². The minimum Gasteiger partial charge on any atom is -1.00 e. The maximum Gasteiger partial charge on any atom is -1.00 e. The minimum absolute atomic E-state index is 0. The van der Waals surface area contributed by atoms with Crippen molar-refractivity contribution < 1.29 is 49.2 Å². The van der Waals surface area contributed by atoms with Crippen LogP contribution in [0.15, 0.2) is 60.2 Å². The number of aryl methyl sites for hydroxylation is 2. The number of hydrogen-bond donors (Lipinski definition) is 0. The zero-order chi connectivity index (χ0) is 19.5. The van der Waals surface area contributed by atoms with Gasteiger partial charge in [0.05, 0.1) is 0 Å². The van der Waals surface area contributed by atoms with Gasteiger partial charge in [-0.1, -0.05) is 0 Å². The Labute approximate surface area is 212 Å². The fourth-order valence-corrected chi connectivity index (χ4v) is 7.53. The van der Waals surface area contributed by atoms with E-state index in [0.717, 1.165) is 24.4 Å². The van der Waals surface area contributed by atoms with Crippen molar-refractivity contribution in [3.8, 4) is 11.1 Å². The van der Waals surface area contributed by atoms with Crippen LogP contribution in [0.5, 0.6) is 0 Å². The molecule has 2 unspecified atom stereocenters. The van der Waals surface area contributed by atoms with Crippen LogP contribution in [0.1, 0.15) is 71.4 Å². The Morgan fingerprint density at radius 2 is 1.52 bits per heavy atom. The summed E-state index contributed by atoms with van der Waals surface area (Å²) in [6, 6.07) is 21.1. The van der Waals surface area contributed by atoms with Gasteiger partial charge in [0.15, 0.2) is 0 Å². The van der Waals surface area contributed by atoms with Crippen molar-refractivity contribution in [2.45, 2.75) is 50.9 Å². The molecule has 0 nitrogen and oxygen atoms in total. The fourth-order valence-electron chi connectivity index (χ4n) is 6.07. The number of fused-ring (bicyclic) bond motifs is 5. The van der Waals surface area contributed by atoms with Crippen LogP contribution in [-0.4, -0.2) is 0 Å². The van der Waals surface area contributed by atoms with Gasteiger partial charge in [0.2, 0.25) is 0 Å². The molecule has 0 aliphatic heterocycles. The molecule has 3 aliphatic carbocycles. The summed E-state index contributed by atoms with van der Waals surface area (Å²) in [5.74, 6) is 1.18. The molecule has 2 atom stereocenters. The van der Waals surface area contributed by atoms with Gasteiger partial charge in [-0.25, -0.2) is 0 Å². The van der Waals surface area contributed by atoms with Crippen LogP contribution in [0.25, 0.3) is 17.2 Å². The molecular weight excluding hydrogens is 586 g/mol. The van der Waals surface area contributed by atoms with Gasteiger partial charge < -0.3 is 24.8 Å².